The third-order valence-corrected chi connectivity index (χ3v) is 6.28. The molecule has 0 heterocycles. The normalized spacial score (nSPS) is 14.7. The highest BCUT2D eigenvalue weighted by Gasteiger charge is 2.25. The molecule has 1 saturated carbocycles. The van der Waals surface area contributed by atoms with Gasteiger partial charge >= 0.3 is 0 Å². The Morgan fingerprint density at radius 2 is 1.85 bits per heavy atom. The molecule has 1 aliphatic carbocycles. The van der Waals surface area contributed by atoms with Crippen molar-refractivity contribution < 1.29 is 17.9 Å². The van der Waals surface area contributed by atoms with Gasteiger partial charge in [-0.25, -0.2) is 8.42 Å². The summed E-state index contributed by atoms with van der Waals surface area (Å²) in [6, 6.07) is 11.1. The topological polar surface area (TPSA) is 84.5 Å². The number of carbonyl (C=O) groups excluding carboxylic acids is 1. The lowest BCUT2D eigenvalue weighted by Crippen LogP contribution is -2.21. The molecular weight excluding hydrogens is 388 g/mol. The van der Waals surface area contributed by atoms with Crippen LogP contribution in [0.15, 0.2) is 47.4 Å². The van der Waals surface area contributed by atoms with Crippen molar-refractivity contribution in [1.29, 1.82) is 0 Å². The number of carbonyl (C=O) groups is 1. The van der Waals surface area contributed by atoms with Crippen molar-refractivity contribution in [2.24, 2.45) is 5.92 Å². The molecule has 3 rings (SSSR count). The number of ether oxygens (including phenoxy) is 1. The minimum absolute atomic E-state index is 0.0200. The first-order valence-corrected chi connectivity index (χ1v) is 10.5. The van der Waals surface area contributed by atoms with E-state index in [0.717, 1.165) is 25.7 Å². The molecule has 0 unspecified atom stereocenters. The molecule has 2 aromatic carbocycles. The Morgan fingerprint density at radius 1 is 1.15 bits per heavy atom. The fourth-order valence-corrected chi connectivity index (χ4v) is 4.66. The molecule has 6 nitrogen and oxygen atoms in total. The highest BCUT2D eigenvalue weighted by molar-refractivity contribution is 7.92. The predicted octanol–water partition coefficient (Wildman–Crippen LogP) is 4.28. The van der Waals surface area contributed by atoms with Crippen LogP contribution < -0.4 is 14.8 Å². The summed E-state index contributed by atoms with van der Waals surface area (Å²) in [6.07, 6.45) is 3.81. The van der Waals surface area contributed by atoms with Crippen LogP contribution in [0, 0.1) is 5.92 Å². The van der Waals surface area contributed by atoms with Crippen molar-refractivity contribution >= 4 is 38.9 Å². The maximum Gasteiger partial charge on any atom is 0.265 e. The first-order chi connectivity index (χ1) is 12.9. The fraction of sp³-hybridized carbons (Fsp3) is 0.316. The Bertz CT molecular complexity index is 940. The summed E-state index contributed by atoms with van der Waals surface area (Å²) < 4.78 is 33.4. The fourth-order valence-electron chi connectivity index (χ4n) is 3.14. The number of sulfonamides is 1. The quantitative estimate of drug-likeness (QED) is 0.747. The number of para-hydroxylation sites is 1. The van der Waals surface area contributed by atoms with Gasteiger partial charge in [-0.1, -0.05) is 36.6 Å². The molecule has 0 atom stereocenters. The first kappa shape index (κ1) is 19.5. The average Bonchev–Trinajstić information content (AvgIpc) is 3.18. The molecule has 1 aliphatic rings. The van der Waals surface area contributed by atoms with Crippen molar-refractivity contribution in [2.75, 3.05) is 17.1 Å². The van der Waals surface area contributed by atoms with E-state index in [1.54, 1.807) is 30.3 Å². The van der Waals surface area contributed by atoms with Crippen LogP contribution in [0.2, 0.25) is 5.02 Å². The summed E-state index contributed by atoms with van der Waals surface area (Å²) in [7, 11) is -2.58. The molecule has 27 heavy (non-hydrogen) atoms. The Labute approximate surface area is 163 Å². The SMILES string of the molecule is COc1ccc(NC(=O)C2CCCC2)cc1S(=O)(=O)Nc1ccccc1Cl. The van der Waals surface area contributed by atoms with Gasteiger partial charge in [-0.2, -0.15) is 0 Å². The number of hydrogen-bond donors (Lipinski definition) is 2. The summed E-state index contributed by atoms with van der Waals surface area (Å²) >= 11 is 6.05. The number of halogens is 1. The van der Waals surface area contributed by atoms with Gasteiger partial charge in [-0.05, 0) is 43.2 Å². The monoisotopic (exact) mass is 408 g/mol. The zero-order chi connectivity index (χ0) is 19.4. The van der Waals surface area contributed by atoms with Crippen molar-refractivity contribution in [2.45, 2.75) is 30.6 Å². The van der Waals surface area contributed by atoms with E-state index in [4.69, 9.17) is 16.3 Å². The molecule has 1 amide bonds. The Balaban J connectivity index is 1.88. The lowest BCUT2D eigenvalue weighted by atomic mass is 10.1. The first-order valence-electron chi connectivity index (χ1n) is 8.67. The molecule has 0 spiro atoms. The number of hydrogen-bond acceptors (Lipinski definition) is 4. The van der Waals surface area contributed by atoms with Gasteiger partial charge in [0, 0.05) is 11.6 Å². The Kier molecular flexibility index (Phi) is 5.92. The number of amides is 1. The van der Waals surface area contributed by atoms with Crippen molar-refractivity contribution in [3.8, 4) is 5.75 Å². The molecular formula is C19H21ClN2O4S. The number of nitrogens with one attached hydrogen (secondary N) is 2. The molecule has 8 heteroatoms. The van der Waals surface area contributed by atoms with Gasteiger partial charge in [0.15, 0.2) is 0 Å². The van der Waals surface area contributed by atoms with Crippen molar-refractivity contribution in [1.82, 2.24) is 0 Å². The van der Waals surface area contributed by atoms with Gasteiger partial charge < -0.3 is 10.1 Å². The number of methoxy groups -OCH3 is 1. The van der Waals surface area contributed by atoms with Crippen LogP contribution in [0.3, 0.4) is 0 Å². The lowest BCUT2D eigenvalue weighted by Gasteiger charge is -2.15. The molecule has 0 radical (unpaired) electrons. The van der Waals surface area contributed by atoms with Gasteiger partial charge in [-0.15, -0.1) is 0 Å². The predicted molar refractivity (Wildman–Crippen MR) is 106 cm³/mol. The zero-order valence-corrected chi connectivity index (χ0v) is 16.4. The van der Waals surface area contributed by atoms with E-state index in [2.05, 4.69) is 10.0 Å². The highest BCUT2D eigenvalue weighted by Crippen LogP contribution is 2.32. The molecule has 0 aliphatic heterocycles. The standard InChI is InChI=1S/C19H21ClN2O4S/c1-26-17-11-10-14(21-19(23)13-6-2-3-7-13)12-18(17)27(24,25)22-16-9-5-4-8-15(16)20/h4-5,8-13,22H,2-3,6-7H2,1H3,(H,21,23). The van der Waals surface area contributed by atoms with Crippen LogP contribution in [-0.4, -0.2) is 21.4 Å². The van der Waals surface area contributed by atoms with E-state index in [9.17, 15) is 13.2 Å². The summed E-state index contributed by atoms with van der Waals surface area (Å²) in [5, 5.41) is 3.09. The molecule has 144 valence electrons. The van der Waals surface area contributed by atoms with E-state index in [1.165, 1.54) is 19.2 Å². The molecule has 1 fully saturated rings. The second kappa shape index (κ2) is 8.19. The minimum Gasteiger partial charge on any atom is -0.495 e. The van der Waals surface area contributed by atoms with E-state index >= 15 is 0 Å². The molecule has 0 aromatic heterocycles. The molecule has 0 saturated heterocycles. The van der Waals surface area contributed by atoms with E-state index in [-0.39, 0.29) is 33.2 Å². The van der Waals surface area contributed by atoms with Crippen molar-refractivity contribution in [3.63, 3.8) is 0 Å². The summed E-state index contributed by atoms with van der Waals surface area (Å²) in [5.74, 6) is 0.0712. The largest absolute Gasteiger partial charge is 0.495 e. The second-order valence-electron chi connectivity index (χ2n) is 6.42. The van der Waals surface area contributed by atoms with Crippen LogP contribution in [-0.2, 0) is 14.8 Å². The van der Waals surface area contributed by atoms with Crippen LogP contribution >= 0.6 is 11.6 Å². The minimum atomic E-state index is -3.97. The third kappa shape index (κ3) is 4.54. The van der Waals surface area contributed by atoms with Crippen molar-refractivity contribution in [3.05, 3.63) is 47.5 Å². The average molecular weight is 409 g/mol. The Hall–Kier alpha value is -2.25. The Morgan fingerprint density at radius 3 is 2.52 bits per heavy atom. The maximum atomic E-state index is 12.9. The van der Waals surface area contributed by atoms with E-state index in [0.29, 0.717) is 5.69 Å². The smallest absolute Gasteiger partial charge is 0.265 e. The number of rotatable bonds is 6. The maximum absolute atomic E-state index is 12.9. The van der Waals surface area contributed by atoms with Gasteiger partial charge in [-0.3, -0.25) is 9.52 Å². The van der Waals surface area contributed by atoms with Gasteiger partial charge in [0.25, 0.3) is 10.0 Å². The van der Waals surface area contributed by atoms with Gasteiger partial charge in [0.05, 0.1) is 17.8 Å². The van der Waals surface area contributed by atoms with E-state index < -0.39 is 10.0 Å². The number of anilines is 2. The molecule has 0 bridgehead atoms. The summed E-state index contributed by atoms with van der Waals surface area (Å²) in [5.41, 5.74) is 0.675. The summed E-state index contributed by atoms with van der Waals surface area (Å²) in [4.78, 5) is 12.3. The summed E-state index contributed by atoms with van der Waals surface area (Å²) in [6.45, 7) is 0. The molecule has 2 aromatic rings. The number of benzene rings is 2. The van der Waals surface area contributed by atoms with Gasteiger partial charge in [0.1, 0.15) is 10.6 Å². The van der Waals surface area contributed by atoms with Crippen LogP contribution in [0.25, 0.3) is 0 Å². The lowest BCUT2D eigenvalue weighted by molar-refractivity contribution is -0.119. The zero-order valence-electron chi connectivity index (χ0n) is 14.9. The highest BCUT2D eigenvalue weighted by atomic mass is 35.5. The van der Waals surface area contributed by atoms with Crippen LogP contribution in [0.4, 0.5) is 11.4 Å². The second-order valence-corrected chi connectivity index (χ2v) is 8.48. The molecule has 2 N–H and O–H groups in total. The van der Waals surface area contributed by atoms with E-state index in [1.807, 2.05) is 0 Å². The third-order valence-electron chi connectivity index (χ3n) is 4.56. The van der Waals surface area contributed by atoms with Crippen LogP contribution in [0.5, 0.6) is 5.75 Å². The van der Waals surface area contributed by atoms with Gasteiger partial charge in [0.2, 0.25) is 5.91 Å². The van der Waals surface area contributed by atoms with Crippen LogP contribution in [0.1, 0.15) is 25.7 Å².